The van der Waals surface area contributed by atoms with Crippen molar-refractivity contribution in [3.05, 3.63) is 35.0 Å². The van der Waals surface area contributed by atoms with Gasteiger partial charge in [-0.1, -0.05) is 0 Å². The van der Waals surface area contributed by atoms with E-state index in [1.54, 1.807) is 6.20 Å². The van der Waals surface area contributed by atoms with Crippen molar-refractivity contribution in [1.82, 2.24) is 19.7 Å². The summed E-state index contributed by atoms with van der Waals surface area (Å²) in [6, 6.07) is 0. The van der Waals surface area contributed by atoms with Crippen LogP contribution < -0.4 is 5.32 Å². The summed E-state index contributed by atoms with van der Waals surface area (Å²) in [5.74, 6) is 0.802. The predicted molar refractivity (Wildman–Crippen MR) is 66.8 cm³/mol. The van der Waals surface area contributed by atoms with Gasteiger partial charge in [0.05, 0.1) is 23.8 Å². The first-order valence-electron chi connectivity index (χ1n) is 5.59. The Labute approximate surface area is 101 Å². The highest BCUT2D eigenvalue weighted by Gasteiger charge is 2.04. The van der Waals surface area contributed by atoms with E-state index in [1.165, 1.54) is 5.56 Å². The molecule has 0 bridgehead atoms. The van der Waals surface area contributed by atoms with E-state index in [0.29, 0.717) is 0 Å². The van der Waals surface area contributed by atoms with Crippen molar-refractivity contribution < 1.29 is 0 Å². The maximum Gasteiger partial charge on any atom is 0.145 e. The second-order valence-electron chi connectivity index (χ2n) is 4.16. The lowest BCUT2D eigenvalue weighted by molar-refractivity contribution is 0.738. The largest absolute Gasteiger partial charge is 0.365 e. The summed E-state index contributed by atoms with van der Waals surface area (Å²) in [7, 11) is 1.94. The van der Waals surface area contributed by atoms with Crippen LogP contribution in [0.25, 0.3) is 0 Å². The van der Waals surface area contributed by atoms with E-state index in [1.807, 2.05) is 31.8 Å². The smallest absolute Gasteiger partial charge is 0.145 e. The van der Waals surface area contributed by atoms with Crippen LogP contribution in [0.2, 0.25) is 0 Å². The van der Waals surface area contributed by atoms with Crippen LogP contribution in [-0.4, -0.2) is 19.7 Å². The van der Waals surface area contributed by atoms with Gasteiger partial charge in [0.15, 0.2) is 0 Å². The molecular weight excluding hydrogens is 214 g/mol. The van der Waals surface area contributed by atoms with Crippen molar-refractivity contribution in [1.29, 1.82) is 0 Å². The zero-order valence-corrected chi connectivity index (χ0v) is 10.7. The lowest BCUT2D eigenvalue weighted by Gasteiger charge is -2.06. The van der Waals surface area contributed by atoms with Gasteiger partial charge in [-0.15, -0.1) is 0 Å². The summed E-state index contributed by atoms with van der Waals surface area (Å²) in [6.45, 7) is 6.69. The fraction of sp³-hybridized carbons (Fsp3) is 0.417. The highest BCUT2D eigenvalue weighted by atomic mass is 15.3. The summed E-state index contributed by atoms with van der Waals surface area (Å²) in [4.78, 5) is 8.70. The van der Waals surface area contributed by atoms with Gasteiger partial charge in [-0.25, -0.2) is 4.98 Å². The molecule has 0 amide bonds. The Bertz CT molecular complexity index is 530. The number of nitrogens with zero attached hydrogens (tertiary/aromatic N) is 4. The molecule has 0 spiro atoms. The van der Waals surface area contributed by atoms with Crippen molar-refractivity contribution in [2.75, 3.05) is 5.32 Å². The standard InChI is InChI=1S/C12H17N5/c1-8-9(2)16-12(7-13-8)14-5-11-6-15-17(4)10(11)3/h6-7H,5H2,1-4H3,(H,14,16). The molecule has 17 heavy (non-hydrogen) atoms. The van der Waals surface area contributed by atoms with E-state index >= 15 is 0 Å². The summed E-state index contributed by atoms with van der Waals surface area (Å²) >= 11 is 0. The van der Waals surface area contributed by atoms with Crippen molar-refractivity contribution >= 4 is 5.82 Å². The van der Waals surface area contributed by atoms with E-state index in [0.717, 1.165) is 29.4 Å². The van der Waals surface area contributed by atoms with Crippen LogP contribution >= 0.6 is 0 Å². The molecule has 0 unspecified atom stereocenters. The molecule has 2 aromatic rings. The third-order valence-electron chi connectivity index (χ3n) is 2.99. The lowest BCUT2D eigenvalue weighted by Crippen LogP contribution is -2.05. The average Bonchev–Trinajstić information content (AvgIpc) is 2.62. The van der Waals surface area contributed by atoms with E-state index in [4.69, 9.17) is 0 Å². The zero-order chi connectivity index (χ0) is 12.4. The predicted octanol–water partition coefficient (Wildman–Crippen LogP) is 1.75. The van der Waals surface area contributed by atoms with Crippen molar-refractivity contribution in [3.63, 3.8) is 0 Å². The molecular formula is C12H17N5. The van der Waals surface area contributed by atoms with Gasteiger partial charge in [-0.2, -0.15) is 5.10 Å². The second-order valence-corrected chi connectivity index (χ2v) is 4.16. The molecule has 0 saturated heterocycles. The Morgan fingerprint density at radius 1 is 1.18 bits per heavy atom. The minimum Gasteiger partial charge on any atom is -0.365 e. The maximum atomic E-state index is 4.42. The number of nitrogens with one attached hydrogen (secondary N) is 1. The van der Waals surface area contributed by atoms with Crippen molar-refractivity contribution in [2.24, 2.45) is 7.05 Å². The van der Waals surface area contributed by atoms with Crippen LogP contribution in [0.3, 0.4) is 0 Å². The van der Waals surface area contributed by atoms with E-state index < -0.39 is 0 Å². The average molecular weight is 231 g/mol. The Hall–Kier alpha value is -1.91. The fourth-order valence-corrected chi connectivity index (χ4v) is 1.53. The summed E-state index contributed by atoms with van der Waals surface area (Å²) in [5.41, 5.74) is 4.26. The third-order valence-corrected chi connectivity index (χ3v) is 2.99. The topological polar surface area (TPSA) is 55.6 Å². The minimum absolute atomic E-state index is 0.719. The Kier molecular flexibility index (Phi) is 3.08. The molecule has 5 heteroatoms. The van der Waals surface area contributed by atoms with Crippen molar-refractivity contribution in [3.8, 4) is 0 Å². The molecule has 0 radical (unpaired) electrons. The van der Waals surface area contributed by atoms with Crippen LogP contribution in [0.1, 0.15) is 22.6 Å². The highest BCUT2D eigenvalue weighted by Crippen LogP contribution is 2.10. The molecule has 0 aromatic carbocycles. The van der Waals surface area contributed by atoms with Crippen molar-refractivity contribution in [2.45, 2.75) is 27.3 Å². The molecule has 2 heterocycles. The molecule has 0 fully saturated rings. The normalized spacial score (nSPS) is 10.6. The van der Waals surface area contributed by atoms with Gasteiger partial charge < -0.3 is 5.32 Å². The number of hydrogen-bond donors (Lipinski definition) is 1. The summed E-state index contributed by atoms with van der Waals surface area (Å²) < 4.78 is 1.86. The molecule has 0 atom stereocenters. The molecule has 2 aromatic heterocycles. The monoisotopic (exact) mass is 231 g/mol. The van der Waals surface area contributed by atoms with Gasteiger partial charge in [0.2, 0.25) is 0 Å². The molecule has 1 N–H and O–H groups in total. The SMILES string of the molecule is Cc1ncc(NCc2cnn(C)c2C)nc1C. The first-order valence-corrected chi connectivity index (χ1v) is 5.59. The lowest BCUT2D eigenvalue weighted by atomic mass is 10.2. The van der Waals surface area contributed by atoms with Crippen LogP contribution in [0, 0.1) is 20.8 Å². The van der Waals surface area contributed by atoms with E-state index in [9.17, 15) is 0 Å². The third kappa shape index (κ3) is 2.43. The van der Waals surface area contributed by atoms with E-state index in [2.05, 4.69) is 27.3 Å². The minimum atomic E-state index is 0.719. The van der Waals surface area contributed by atoms with Crippen LogP contribution in [0.15, 0.2) is 12.4 Å². The summed E-state index contributed by atoms with van der Waals surface area (Å²) in [6.07, 6.45) is 3.63. The number of aryl methyl sites for hydroxylation is 3. The first-order chi connectivity index (χ1) is 8.08. The van der Waals surface area contributed by atoms with Crippen LogP contribution in [0.5, 0.6) is 0 Å². The number of hydrogen-bond acceptors (Lipinski definition) is 4. The first kappa shape index (κ1) is 11.6. The van der Waals surface area contributed by atoms with Crippen LogP contribution in [0.4, 0.5) is 5.82 Å². The number of anilines is 1. The Balaban J connectivity index is 2.07. The van der Waals surface area contributed by atoms with Gasteiger partial charge in [0, 0.05) is 24.8 Å². The molecule has 2 rings (SSSR count). The van der Waals surface area contributed by atoms with Gasteiger partial charge in [0.25, 0.3) is 0 Å². The Morgan fingerprint density at radius 2 is 1.94 bits per heavy atom. The van der Waals surface area contributed by atoms with Gasteiger partial charge in [-0.05, 0) is 20.8 Å². The van der Waals surface area contributed by atoms with Gasteiger partial charge >= 0.3 is 0 Å². The molecule has 0 saturated carbocycles. The number of aromatic nitrogens is 4. The fourth-order valence-electron chi connectivity index (χ4n) is 1.53. The molecule has 0 aliphatic rings. The second kappa shape index (κ2) is 4.53. The molecule has 90 valence electrons. The zero-order valence-electron chi connectivity index (χ0n) is 10.7. The quantitative estimate of drug-likeness (QED) is 0.874. The van der Waals surface area contributed by atoms with Gasteiger partial charge in [0.1, 0.15) is 5.82 Å². The van der Waals surface area contributed by atoms with E-state index in [-0.39, 0.29) is 0 Å². The highest BCUT2D eigenvalue weighted by molar-refractivity contribution is 5.35. The Morgan fingerprint density at radius 3 is 2.53 bits per heavy atom. The number of rotatable bonds is 3. The molecule has 0 aliphatic carbocycles. The molecule has 5 nitrogen and oxygen atoms in total. The molecule has 0 aliphatic heterocycles. The summed E-state index contributed by atoms with van der Waals surface area (Å²) in [5, 5.41) is 7.46. The van der Waals surface area contributed by atoms with Gasteiger partial charge in [-0.3, -0.25) is 9.67 Å². The maximum absolute atomic E-state index is 4.42. The van der Waals surface area contributed by atoms with Crippen LogP contribution in [-0.2, 0) is 13.6 Å².